The second-order valence-electron chi connectivity index (χ2n) is 6.11. The molecule has 0 radical (unpaired) electrons. The van der Waals surface area contributed by atoms with Crippen molar-refractivity contribution in [2.24, 2.45) is 0 Å². The number of benzene rings is 1. The van der Waals surface area contributed by atoms with Gasteiger partial charge in [-0.25, -0.2) is 4.68 Å². The summed E-state index contributed by atoms with van der Waals surface area (Å²) in [6, 6.07) is 12.1. The third kappa shape index (κ3) is 3.86. The fourth-order valence-corrected chi connectivity index (χ4v) is 4.99. The summed E-state index contributed by atoms with van der Waals surface area (Å²) in [5.74, 6) is 0.0217. The summed E-state index contributed by atoms with van der Waals surface area (Å²) in [5, 5.41) is 25.2. The van der Waals surface area contributed by atoms with Crippen molar-refractivity contribution in [3.63, 3.8) is 0 Å². The van der Waals surface area contributed by atoms with Crippen LogP contribution < -0.4 is 5.32 Å². The Hall–Kier alpha value is -2.70. The summed E-state index contributed by atoms with van der Waals surface area (Å²) in [6.45, 7) is 0.550. The monoisotopic (exact) mass is 396 g/mol. The predicted molar refractivity (Wildman–Crippen MR) is 104 cm³/mol. The number of nitrogens with zero attached hydrogens (tertiary/aromatic N) is 5. The SMILES string of the molecule is N#Cc1c(NC(=O)CSc2nnnn2Cc2ccccc2)sc2c1CCC2. The molecular weight excluding hydrogens is 380 g/mol. The number of aromatic nitrogens is 4. The summed E-state index contributed by atoms with van der Waals surface area (Å²) >= 11 is 2.80. The molecule has 0 bridgehead atoms. The van der Waals surface area contributed by atoms with E-state index in [1.54, 1.807) is 4.68 Å². The normalized spacial score (nSPS) is 12.6. The molecule has 1 aliphatic carbocycles. The fraction of sp³-hybridized carbons (Fsp3) is 0.278. The van der Waals surface area contributed by atoms with Gasteiger partial charge < -0.3 is 5.32 Å². The first-order valence-corrected chi connectivity index (χ1v) is 10.3. The van der Waals surface area contributed by atoms with E-state index in [4.69, 9.17) is 0 Å². The van der Waals surface area contributed by atoms with Crippen molar-refractivity contribution in [2.75, 3.05) is 11.1 Å². The van der Waals surface area contributed by atoms with Gasteiger partial charge in [-0.15, -0.1) is 16.4 Å². The average molecular weight is 397 g/mol. The highest BCUT2D eigenvalue weighted by Gasteiger charge is 2.23. The van der Waals surface area contributed by atoms with Gasteiger partial charge in [0.15, 0.2) is 0 Å². The number of anilines is 1. The van der Waals surface area contributed by atoms with Crippen LogP contribution >= 0.6 is 23.1 Å². The average Bonchev–Trinajstić information content (AvgIpc) is 3.37. The number of nitriles is 1. The first-order chi connectivity index (χ1) is 13.2. The maximum atomic E-state index is 12.4. The Balaban J connectivity index is 1.38. The van der Waals surface area contributed by atoms with Crippen LogP contribution in [0.3, 0.4) is 0 Å². The van der Waals surface area contributed by atoms with E-state index in [0.29, 0.717) is 22.3 Å². The largest absolute Gasteiger partial charge is 0.316 e. The predicted octanol–water partition coefficient (Wildman–Crippen LogP) is 2.87. The highest BCUT2D eigenvalue weighted by atomic mass is 32.2. The minimum absolute atomic E-state index is 0.161. The van der Waals surface area contributed by atoms with E-state index in [0.717, 1.165) is 30.4 Å². The molecule has 2 heterocycles. The van der Waals surface area contributed by atoms with E-state index < -0.39 is 0 Å². The molecule has 0 spiro atoms. The molecule has 0 saturated carbocycles. The van der Waals surface area contributed by atoms with Crippen LogP contribution in [0, 0.1) is 11.3 Å². The first kappa shape index (κ1) is 17.7. The van der Waals surface area contributed by atoms with Crippen LogP contribution in [0.4, 0.5) is 5.00 Å². The number of thioether (sulfide) groups is 1. The number of fused-ring (bicyclic) bond motifs is 1. The van der Waals surface area contributed by atoms with Crippen molar-refractivity contribution < 1.29 is 4.79 Å². The fourth-order valence-electron chi connectivity index (χ4n) is 3.06. The van der Waals surface area contributed by atoms with Gasteiger partial charge in [0, 0.05) is 4.88 Å². The van der Waals surface area contributed by atoms with Crippen LogP contribution in [0.2, 0.25) is 0 Å². The minimum atomic E-state index is -0.161. The van der Waals surface area contributed by atoms with Gasteiger partial charge in [0.05, 0.1) is 17.9 Å². The van der Waals surface area contributed by atoms with Gasteiger partial charge in [0.2, 0.25) is 11.1 Å². The Bertz CT molecular complexity index is 1000. The molecule has 0 aliphatic heterocycles. The van der Waals surface area contributed by atoms with Crippen molar-refractivity contribution in [1.82, 2.24) is 20.2 Å². The van der Waals surface area contributed by atoms with Crippen LogP contribution in [-0.4, -0.2) is 31.9 Å². The zero-order valence-corrected chi connectivity index (χ0v) is 16.0. The zero-order valence-electron chi connectivity index (χ0n) is 14.4. The van der Waals surface area contributed by atoms with E-state index in [1.165, 1.54) is 28.0 Å². The number of aryl methyl sites for hydroxylation is 1. The van der Waals surface area contributed by atoms with Crippen LogP contribution in [0.15, 0.2) is 35.5 Å². The number of hydrogen-bond acceptors (Lipinski definition) is 7. The molecule has 7 nitrogen and oxygen atoms in total. The van der Waals surface area contributed by atoms with Gasteiger partial charge in [-0.2, -0.15) is 5.26 Å². The number of carbonyl (C=O) groups excluding carboxylic acids is 1. The van der Waals surface area contributed by atoms with Crippen molar-refractivity contribution in [3.05, 3.63) is 51.9 Å². The van der Waals surface area contributed by atoms with Crippen LogP contribution in [0.5, 0.6) is 0 Å². The summed E-state index contributed by atoms with van der Waals surface area (Å²) in [6.07, 6.45) is 3.01. The standard InChI is InChI=1S/C18H16N6OS2/c19-9-14-13-7-4-8-15(13)27-17(14)20-16(25)11-26-18-21-22-23-24(18)10-12-5-2-1-3-6-12/h1-3,5-6H,4,7-8,10-11H2,(H,20,25). The van der Waals surface area contributed by atoms with Crippen molar-refractivity contribution in [1.29, 1.82) is 5.26 Å². The summed E-state index contributed by atoms with van der Waals surface area (Å²) in [5.41, 5.74) is 2.82. The second kappa shape index (κ2) is 7.90. The van der Waals surface area contributed by atoms with Crippen molar-refractivity contribution in [2.45, 2.75) is 31.0 Å². The van der Waals surface area contributed by atoms with Gasteiger partial charge in [-0.3, -0.25) is 4.79 Å². The van der Waals surface area contributed by atoms with Crippen LogP contribution in [-0.2, 0) is 24.2 Å². The smallest absolute Gasteiger partial charge is 0.235 e. The molecule has 136 valence electrons. The number of amides is 1. The van der Waals surface area contributed by atoms with E-state index in [1.807, 2.05) is 30.3 Å². The molecule has 0 saturated heterocycles. The molecule has 3 aromatic rings. The quantitative estimate of drug-likeness (QED) is 0.644. The number of carbonyl (C=O) groups is 1. The summed E-state index contributed by atoms with van der Waals surface area (Å²) in [4.78, 5) is 13.6. The topological polar surface area (TPSA) is 96.5 Å². The number of thiophene rings is 1. The van der Waals surface area contributed by atoms with Gasteiger partial charge in [0.1, 0.15) is 11.1 Å². The van der Waals surface area contributed by atoms with Crippen LogP contribution in [0.1, 0.15) is 28.0 Å². The van der Waals surface area contributed by atoms with Crippen molar-refractivity contribution >= 4 is 34.0 Å². The lowest BCUT2D eigenvalue weighted by molar-refractivity contribution is -0.113. The molecule has 1 aliphatic rings. The van der Waals surface area contributed by atoms with Gasteiger partial charge in [-0.1, -0.05) is 42.1 Å². The third-order valence-electron chi connectivity index (χ3n) is 4.29. The second-order valence-corrected chi connectivity index (χ2v) is 8.16. The summed E-state index contributed by atoms with van der Waals surface area (Å²) < 4.78 is 1.67. The molecule has 1 aromatic carbocycles. The van der Waals surface area contributed by atoms with E-state index in [-0.39, 0.29) is 11.7 Å². The molecule has 1 amide bonds. The van der Waals surface area contributed by atoms with E-state index in [2.05, 4.69) is 26.9 Å². The summed E-state index contributed by atoms with van der Waals surface area (Å²) in [7, 11) is 0. The molecule has 0 unspecified atom stereocenters. The lowest BCUT2D eigenvalue weighted by Crippen LogP contribution is -2.15. The zero-order chi connectivity index (χ0) is 18.6. The lowest BCUT2D eigenvalue weighted by Gasteiger charge is -2.05. The lowest BCUT2D eigenvalue weighted by atomic mass is 10.1. The number of tetrazole rings is 1. The first-order valence-electron chi connectivity index (χ1n) is 8.52. The third-order valence-corrected chi connectivity index (χ3v) is 6.46. The van der Waals surface area contributed by atoms with E-state index >= 15 is 0 Å². The molecule has 9 heteroatoms. The Morgan fingerprint density at radius 3 is 3.00 bits per heavy atom. The molecule has 4 rings (SSSR count). The van der Waals surface area contributed by atoms with Crippen molar-refractivity contribution in [3.8, 4) is 6.07 Å². The van der Waals surface area contributed by atoms with Gasteiger partial charge in [0.25, 0.3) is 0 Å². The molecule has 27 heavy (non-hydrogen) atoms. The number of nitrogens with one attached hydrogen (secondary N) is 1. The molecule has 0 atom stereocenters. The molecular formula is C18H16N6OS2. The Morgan fingerprint density at radius 1 is 1.33 bits per heavy atom. The molecule has 2 aromatic heterocycles. The highest BCUT2D eigenvalue weighted by molar-refractivity contribution is 7.99. The van der Waals surface area contributed by atoms with E-state index in [9.17, 15) is 10.1 Å². The van der Waals surface area contributed by atoms with Gasteiger partial charge in [-0.05, 0) is 40.8 Å². The maximum absolute atomic E-state index is 12.4. The maximum Gasteiger partial charge on any atom is 0.235 e. The highest BCUT2D eigenvalue weighted by Crippen LogP contribution is 2.38. The Labute approximate surface area is 164 Å². The van der Waals surface area contributed by atoms with Crippen LogP contribution in [0.25, 0.3) is 0 Å². The number of hydrogen-bond donors (Lipinski definition) is 1. The Morgan fingerprint density at radius 2 is 2.19 bits per heavy atom. The Kier molecular flexibility index (Phi) is 5.18. The number of rotatable bonds is 6. The van der Waals surface area contributed by atoms with Gasteiger partial charge >= 0.3 is 0 Å². The minimum Gasteiger partial charge on any atom is -0.316 e. The molecule has 1 N–H and O–H groups in total. The molecule has 0 fully saturated rings.